The quantitative estimate of drug-likeness (QED) is 0.810. The third-order valence-electron chi connectivity index (χ3n) is 2.75. The molecule has 0 aliphatic heterocycles. The summed E-state index contributed by atoms with van der Waals surface area (Å²) in [5, 5.41) is 20.1. The molecule has 0 bridgehead atoms. The summed E-state index contributed by atoms with van der Waals surface area (Å²) in [5.74, 6) is 0. The highest BCUT2D eigenvalue weighted by molar-refractivity contribution is 5.57. The van der Waals surface area contributed by atoms with E-state index < -0.39 is 0 Å². The SMILES string of the molecule is CN(C)c1cccc(NCc2cn(CCO)nn2)c1. The largest absolute Gasteiger partial charge is 0.394 e. The van der Waals surface area contributed by atoms with Crippen molar-refractivity contribution in [2.75, 3.05) is 30.9 Å². The van der Waals surface area contributed by atoms with E-state index in [1.165, 1.54) is 0 Å². The van der Waals surface area contributed by atoms with Gasteiger partial charge in [-0.1, -0.05) is 11.3 Å². The number of hydrogen-bond acceptors (Lipinski definition) is 5. The summed E-state index contributed by atoms with van der Waals surface area (Å²) in [6.07, 6.45) is 1.83. The molecular formula is C13H19N5O. The van der Waals surface area contributed by atoms with Gasteiger partial charge in [-0.05, 0) is 18.2 Å². The third-order valence-corrected chi connectivity index (χ3v) is 2.75. The average molecular weight is 261 g/mol. The van der Waals surface area contributed by atoms with Gasteiger partial charge in [0.15, 0.2) is 0 Å². The number of rotatable bonds is 6. The van der Waals surface area contributed by atoms with Crippen molar-refractivity contribution in [1.29, 1.82) is 0 Å². The molecule has 0 atom stereocenters. The molecule has 0 spiro atoms. The number of aromatic nitrogens is 3. The van der Waals surface area contributed by atoms with Gasteiger partial charge in [0.05, 0.1) is 25.9 Å². The summed E-state index contributed by atoms with van der Waals surface area (Å²) in [6, 6.07) is 8.17. The van der Waals surface area contributed by atoms with E-state index >= 15 is 0 Å². The molecule has 0 aliphatic carbocycles. The van der Waals surface area contributed by atoms with Gasteiger partial charge in [-0.2, -0.15) is 0 Å². The summed E-state index contributed by atoms with van der Waals surface area (Å²) < 4.78 is 1.63. The van der Waals surface area contributed by atoms with Crippen molar-refractivity contribution in [2.24, 2.45) is 0 Å². The highest BCUT2D eigenvalue weighted by Gasteiger charge is 2.01. The Labute approximate surface area is 112 Å². The molecule has 1 aromatic heterocycles. The van der Waals surface area contributed by atoms with Crippen LogP contribution in [0.2, 0.25) is 0 Å². The van der Waals surface area contributed by atoms with E-state index in [9.17, 15) is 0 Å². The van der Waals surface area contributed by atoms with Crippen molar-refractivity contribution in [3.05, 3.63) is 36.2 Å². The summed E-state index contributed by atoms with van der Waals surface area (Å²) in [6.45, 7) is 1.16. The summed E-state index contributed by atoms with van der Waals surface area (Å²) in [5.41, 5.74) is 3.04. The van der Waals surface area contributed by atoms with E-state index in [-0.39, 0.29) is 6.61 Å². The van der Waals surface area contributed by atoms with Crippen LogP contribution in [0.15, 0.2) is 30.5 Å². The number of anilines is 2. The van der Waals surface area contributed by atoms with Crippen LogP contribution in [-0.4, -0.2) is 40.8 Å². The fourth-order valence-electron chi connectivity index (χ4n) is 1.72. The van der Waals surface area contributed by atoms with Gasteiger partial charge in [-0.25, -0.2) is 4.68 Å². The van der Waals surface area contributed by atoms with Gasteiger partial charge in [0.1, 0.15) is 5.69 Å². The lowest BCUT2D eigenvalue weighted by molar-refractivity contribution is 0.268. The van der Waals surface area contributed by atoms with Gasteiger partial charge in [-0.3, -0.25) is 0 Å². The van der Waals surface area contributed by atoms with Crippen LogP contribution in [0, 0.1) is 0 Å². The maximum Gasteiger partial charge on any atom is 0.102 e. The Hall–Kier alpha value is -2.08. The third kappa shape index (κ3) is 3.69. The van der Waals surface area contributed by atoms with Crippen molar-refractivity contribution in [1.82, 2.24) is 15.0 Å². The molecule has 0 aliphatic rings. The minimum Gasteiger partial charge on any atom is -0.394 e. The summed E-state index contributed by atoms with van der Waals surface area (Å²) in [7, 11) is 4.03. The Balaban J connectivity index is 1.95. The van der Waals surface area contributed by atoms with Crippen molar-refractivity contribution in [2.45, 2.75) is 13.1 Å². The van der Waals surface area contributed by atoms with Crippen LogP contribution in [0.4, 0.5) is 11.4 Å². The molecule has 0 radical (unpaired) electrons. The Morgan fingerprint density at radius 3 is 2.95 bits per heavy atom. The fourth-order valence-corrected chi connectivity index (χ4v) is 1.72. The van der Waals surface area contributed by atoms with Crippen molar-refractivity contribution >= 4 is 11.4 Å². The number of nitrogens with one attached hydrogen (secondary N) is 1. The Kier molecular flexibility index (Phi) is 4.35. The maximum atomic E-state index is 8.81. The molecule has 2 rings (SSSR count). The van der Waals surface area contributed by atoms with Gasteiger partial charge < -0.3 is 15.3 Å². The van der Waals surface area contributed by atoms with Gasteiger partial charge in [0.25, 0.3) is 0 Å². The van der Waals surface area contributed by atoms with Crippen LogP contribution >= 0.6 is 0 Å². The number of hydrogen-bond donors (Lipinski definition) is 2. The molecule has 0 amide bonds. The molecule has 0 saturated heterocycles. The molecule has 6 heteroatoms. The van der Waals surface area contributed by atoms with Crippen LogP contribution in [0.5, 0.6) is 0 Å². The summed E-state index contributed by atoms with van der Waals surface area (Å²) in [4.78, 5) is 2.06. The lowest BCUT2D eigenvalue weighted by Crippen LogP contribution is -2.09. The van der Waals surface area contributed by atoms with Crippen LogP contribution in [0.25, 0.3) is 0 Å². The van der Waals surface area contributed by atoms with E-state index in [1.807, 2.05) is 32.4 Å². The molecule has 0 fully saturated rings. The van der Waals surface area contributed by atoms with Crippen molar-refractivity contribution in [3.63, 3.8) is 0 Å². The van der Waals surface area contributed by atoms with Crippen molar-refractivity contribution < 1.29 is 5.11 Å². The minimum atomic E-state index is 0.0705. The molecular weight excluding hydrogens is 242 g/mol. The fraction of sp³-hybridized carbons (Fsp3) is 0.385. The Morgan fingerprint density at radius 1 is 1.37 bits per heavy atom. The molecule has 1 heterocycles. The second-order valence-corrected chi connectivity index (χ2v) is 4.49. The minimum absolute atomic E-state index is 0.0705. The van der Waals surface area contributed by atoms with Gasteiger partial charge in [0.2, 0.25) is 0 Å². The van der Waals surface area contributed by atoms with Crippen LogP contribution < -0.4 is 10.2 Å². The van der Waals surface area contributed by atoms with E-state index in [2.05, 4.69) is 32.7 Å². The lowest BCUT2D eigenvalue weighted by atomic mass is 10.2. The number of nitrogens with zero attached hydrogens (tertiary/aromatic N) is 4. The second kappa shape index (κ2) is 6.19. The predicted molar refractivity (Wildman–Crippen MR) is 75.2 cm³/mol. The first kappa shape index (κ1) is 13.4. The van der Waals surface area contributed by atoms with Crippen LogP contribution in [0.1, 0.15) is 5.69 Å². The molecule has 19 heavy (non-hydrogen) atoms. The van der Waals surface area contributed by atoms with E-state index in [1.54, 1.807) is 4.68 Å². The lowest BCUT2D eigenvalue weighted by Gasteiger charge is -2.14. The van der Waals surface area contributed by atoms with Gasteiger partial charge >= 0.3 is 0 Å². The molecule has 0 unspecified atom stereocenters. The molecule has 1 aromatic carbocycles. The smallest absolute Gasteiger partial charge is 0.102 e. The zero-order valence-electron chi connectivity index (χ0n) is 11.2. The molecule has 2 N–H and O–H groups in total. The predicted octanol–water partition coefficient (Wildman–Crippen LogP) is 0.948. The summed E-state index contributed by atoms with van der Waals surface area (Å²) >= 11 is 0. The molecule has 0 saturated carbocycles. The van der Waals surface area contributed by atoms with E-state index in [0.29, 0.717) is 13.1 Å². The first-order chi connectivity index (χ1) is 9.19. The highest BCUT2D eigenvalue weighted by atomic mass is 16.3. The molecule has 6 nitrogen and oxygen atoms in total. The zero-order valence-corrected chi connectivity index (χ0v) is 11.2. The van der Waals surface area contributed by atoms with Crippen LogP contribution in [0.3, 0.4) is 0 Å². The number of aliphatic hydroxyl groups is 1. The van der Waals surface area contributed by atoms with E-state index in [0.717, 1.165) is 17.1 Å². The van der Waals surface area contributed by atoms with Crippen molar-refractivity contribution in [3.8, 4) is 0 Å². The number of aliphatic hydroxyl groups excluding tert-OH is 1. The highest BCUT2D eigenvalue weighted by Crippen LogP contribution is 2.17. The first-order valence-corrected chi connectivity index (χ1v) is 6.20. The topological polar surface area (TPSA) is 66.2 Å². The average Bonchev–Trinajstić information content (AvgIpc) is 2.85. The molecule has 102 valence electrons. The molecule has 2 aromatic rings. The standard InChI is InChI=1S/C13H19N5O/c1-17(2)13-5-3-4-11(8-13)14-9-12-10-18(6-7-19)16-15-12/h3-5,8,10,14,19H,6-7,9H2,1-2H3. The zero-order chi connectivity index (χ0) is 13.7. The monoisotopic (exact) mass is 261 g/mol. The van der Waals surface area contributed by atoms with Crippen LogP contribution in [-0.2, 0) is 13.1 Å². The Morgan fingerprint density at radius 2 is 2.21 bits per heavy atom. The first-order valence-electron chi connectivity index (χ1n) is 6.20. The normalized spacial score (nSPS) is 10.5. The van der Waals surface area contributed by atoms with E-state index in [4.69, 9.17) is 5.11 Å². The van der Waals surface area contributed by atoms with Gasteiger partial charge in [0, 0.05) is 25.5 Å². The second-order valence-electron chi connectivity index (χ2n) is 4.49. The Bertz CT molecular complexity index is 523. The van der Waals surface area contributed by atoms with Gasteiger partial charge in [-0.15, -0.1) is 5.10 Å². The maximum absolute atomic E-state index is 8.81. The number of benzene rings is 1.